The molecule has 3 heteroatoms. The molecule has 2 bridgehead atoms. The summed E-state index contributed by atoms with van der Waals surface area (Å²) in [5.74, 6) is 1.39. The Morgan fingerprint density at radius 3 is 2.44 bits per heavy atom. The number of rotatable bonds is 5. The molecule has 0 saturated heterocycles. The molecule has 0 aliphatic heterocycles. The summed E-state index contributed by atoms with van der Waals surface area (Å²) >= 11 is 0. The van der Waals surface area contributed by atoms with Gasteiger partial charge in [0.15, 0.2) is 5.78 Å². The second-order valence-electron chi connectivity index (χ2n) is 6.56. The van der Waals surface area contributed by atoms with E-state index in [9.17, 15) is 9.59 Å². The van der Waals surface area contributed by atoms with E-state index in [-0.39, 0.29) is 24.3 Å². The Morgan fingerprint density at radius 2 is 1.94 bits per heavy atom. The highest BCUT2D eigenvalue weighted by Crippen LogP contribution is 2.48. The summed E-state index contributed by atoms with van der Waals surface area (Å²) in [6.45, 7) is 5.66. The number of Topliss-reactive ketones (excluding diaryl/α,β-unsaturated/α-hetero) is 1. The van der Waals surface area contributed by atoms with E-state index < -0.39 is 5.41 Å². The number of hydrogen-bond acceptors (Lipinski definition) is 3. The Balaban J connectivity index is 1.80. The van der Waals surface area contributed by atoms with E-state index in [0.717, 1.165) is 18.8 Å². The van der Waals surface area contributed by atoms with Gasteiger partial charge < -0.3 is 4.74 Å². The molecule has 0 aromatic heterocycles. The first-order valence-corrected chi connectivity index (χ1v) is 7.14. The summed E-state index contributed by atoms with van der Waals surface area (Å²) in [6.07, 6.45) is 5.45. The maximum atomic E-state index is 12.1. The van der Waals surface area contributed by atoms with Gasteiger partial charge in [0, 0.05) is 5.92 Å². The molecule has 2 rings (SSSR count). The first kappa shape index (κ1) is 13.6. The Morgan fingerprint density at radius 1 is 1.22 bits per heavy atom. The van der Waals surface area contributed by atoms with Gasteiger partial charge in [-0.25, -0.2) is 0 Å². The first-order valence-electron chi connectivity index (χ1n) is 7.14. The zero-order valence-electron chi connectivity index (χ0n) is 11.7. The van der Waals surface area contributed by atoms with Crippen molar-refractivity contribution in [1.29, 1.82) is 0 Å². The molecule has 0 N–H and O–H groups in total. The van der Waals surface area contributed by atoms with Crippen LogP contribution in [0, 0.1) is 23.2 Å². The van der Waals surface area contributed by atoms with Crippen LogP contribution in [0.4, 0.5) is 0 Å². The summed E-state index contributed by atoms with van der Waals surface area (Å²) in [5, 5.41) is 0. The Kier molecular flexibility index (Phi) is 3.79. The molecule has 3 nitrogen and oxygen atoms in total. The molecule has 0 heterocycles. The lowest BCUT2D eigenvalue weighted by Crippen LogP contribution is -2.31. The molecule has 2 saturated carbocycles. The van der Waals surface area contributed by atoms with Gasteiger partial charge in [-0.2, -0.15) is 0 Å². The van der Waals surface area contributed by atoms with Crippen molar-refractivity contribution < 1.29 is 14.3 Å². The standard InChI is InChI=1S/C15H24O3/c1-4-15(2,3)14(17)18-9-13(16)12-8-10-5-6-11(12)7-10/h10-12H,4-9H2,1-3H3. The third-order valence-corrected chi connectivity index (χ3v) is 4.93. The van der Waals surface area contributed by atoms with Crippen molar-refractivity contribution in [2.75, 3.05) is 6.61 Å². The van der Waals surface area contributed by atoms with Gasteiger partial charge in [-0.05, 0) is 51.4 Å². The van der Waals surface area contributed by atoms with Gasteiger partial charge in [-0.15, -0.1) is 0 Å². The van der Waals surface area contributed by atoms with Crippen molar-refractivity contribution in [3.05, 3.63) is 0 Å². The highest BCUT2D eigenvalue weighted by molar-refractivity contribution is 5.86. The molecule has 2 aliphatic rings. The average Bonchev–Trinajstić information content (AvgIpc) is 2.97. The van der Waals surface area contributed by atoms with Crippen LogP contribution in [0.1, 0.15) is 52.9 Å². The van der Waals surface area contributed by atoms with Gasteiger partial charge in [0.25, 0.3) is 0 Å². The Labute approximate surface area is 109 Å². The topological polar surface area (TPSA) is 43.4 Å². The van der Waals surface area contributed by atoms with E-state index in [2.05, 4.69) is 0 Å². The Hall–Kier alpha value is -0.860. The average molecular weight is 252 g/mol. The van der Waals surface area contributed by atoms with Crippen LogP contribution in [-0.4, -0.2) is 18.4 Å². The second kappa shape index (κ2) is 5.02. The lowest BCUT2D eigenvalue weighted by Gasteiger charge is -2.23. The van der Waals surface area contributed by atoms with Crippen LogP contribution in [0.3, 0.4) is 0 Å². The predicted molar refractivity (Wildman–Crippen MR) is 69.0 cm³/mol. The highest BCUT2D eigenvalue weighted by atomic mass is 16.5. The Bertz CT molecular complexity index is 346. The van der Waals surface area contributed by atoms with E-state index in [1.807, 2.05) is 20.8 Å². The monoisotopic (exact) mass is 252 g/mol. The minimum atomic E-state index is -0.477. The number of fused-ring (bicyclic) bond motifs is 2. The van der Waals surface area contributed by atoms with Crippen molar-refractivity contribution in [2.24, 2.45) is 23.2 Å². The third-order valence-electron chi connectivity index (χ3n) is 4.93. The number of carbonyl (C=O) groups excluding carboxylic acids is 2. The van der Waals surface area contributed by atoms with Crippen molar-refractivity contribution in [2.45, 2.75) is 52.9 Å². The fraction of sp³-hybridized carbons (Fsp3) is 0.867. The van der Waals surface area contributed by atoms with E-state index in [4.69, 9.17) is 4.74 Å². The quantitative estimate of drug-likeness (QED) is 0.706. The molecule has 3 atom stereocenters. The largest absolute Gasteiger partial charge is 0.457 e. The molecule has 0 aromatic carbocycles. The number of carbonyl (C=O) groups is 2. The fourth-order valence-corrected chi connectivity index (χ4v) is 3.22. The van der Waals surface area contributed by atoms with Gasteiger partial charge in [-0.1, -0.05) is 13.3 Å². The third kappa shape index (κ3) is 2.60. The smallest absolute Gasteiger partial charge is 0.311 e. The lowest BCUT2D eigenvalue weighted by molar-refractivity contribution is -0.158. The van der Waals surface area contributed by atoms with Crippen molar-refractivity contribution in [1.82, 2.24) is 0 Å². The van der Waals surface area contributed by atoms with Crippen LogP contribution in [0.15, 0.2) is 0 Å². The minimum absolute atomic E-state index is 0.0177. The molecule has 2 fully saturated rings. The number of hydrogen-bond donors (Lipinski definition) is 0. The normalized spacial score (nSPS) is 30.5. The zero-order chi connectivity index (χ0) is 13.3. The zero-order valence-corrected chi connectivity index (χ0v) is 11.7. The number of esters is 1. The highest BCUT2D eigenvalue weighted by Gasteiger charge is 2.43. The van der Waals surface area contributed by atoms with Crippen LogP contribution >= 0.6 is 0 Å². The molecule has 2 aliphatic carbocycles. The number of ether oxygens (including phenoxy) is 1. The van der Waals surface area contributed by atoms with Gasteiger partial charge >= 0.3 is 5.97 Å². The van der Waals surface area contributed by atoms with Crippen LogP contribution in [-0.2, 0) is 14.3 Å². The maximum absolute atomic E-state index is 12.1. The van der Waals surface area contributed by atoms with Gasteiger partial charge in [0.1, 0.15) is 6.61 Å². The van der Waals surface area contributed by atoms with Crippen LogP contribution < -0.4 is 0 Å². The summed E-state index contributed by atoms with van der Waals surface area (Å²) in [6, 6.07) is 0. The molecule has 0 aromatic rings. The van der Waals surface area contributed by atoms with Gasteiger partial charge in [0.05, 0.1) is 5.41 Å². The van der Waals surface area contributed by atoms with Crippen LogP contribution in [0.25, 0.3) is 0 Å². The number of ketones is 1. The first-order chi connectivity index (χ1) is 8.44. The fourth-order valence-electron chi connectivity index (χ4n) is 3.22. The van der Waals surface area contributed by atoms with Crippen LogP contribution in [0.2, 0.25) is 0 Å². The second-order valence-corrected chi connectivity index (χ2v) is 6.56. The summed E-state index contributed by atoms with van der Waals surface area (Å²) in [4.78, 5) is 23.9. The molecular formula is C15H24O3. The molecular weight excluding hydrogens is 228 g/mol. The molecule has 0 radical (unpaired) electrons. The summed E-state index contributed by atoms with van der Waals surface area (Å²) in [7, 11) is 0. The van der Waals surface area contributed by atoms with E-state index in [1.54, 1.807) is 0 Å². The molecule has 102 valence electrons. The van der Waals surface area contributed by atoms with E-state index >= 15 is 0 Å². The van der Waals surface area contributed by atoms with Gasteiger partial charge in [0.2, 0.25) is 0 Å². The van der Waals surface area contributed by atoms with Crippen LogP contribution in [0.5, 0.6) is 0 Å². The molecule has 0 spiro atoms. The van der Waals surface area contributed by atoms with E-state index in [1.165, 1.54) is 19.3 Å². The SMILES string of the molecule is CCC(C)(C)C(=O)OCC(=O)C1CC2CCC1C2. The summed E-state index contributed by atoms with van der Waals surface area (Å²) in [5.41, 5.74) is -0.477. The predicted octanol–water partition coefficient (Wildman–Crippen LogP) is 2.97. The van der Waals surface area contributed by atoms with Gasteiger partial charge in [-0.3, -0.25) is 9.59 Å². The van der Waals surface area contributed by atoms with Crippen molar-refractivity contribution in [3.8, 4) is 0 Å². The van der Waals surface area contributed by atoms with E-state index in [0.29, 0.717) is 5.92 Å². The molecule has 18 heavy (non-hydrogen) atoms. The lowest BCUT2D eigenvalue weighted by atomic mass is 9.86. The maximum Gasteiger partial charge on any atom is 0.311 e. The van der Waals surface area contributed by atoms with Crippen molar-refractivity contribution in [3.63, 3.8) is 0 Å². The minimum Gasteiger partial charge on any atom is -0.457 e. The summed E-state index contributed by atoms with van der Waals surface area (Å²) < 4.78 is 5.19. The molecule has 0 amide bonds. The van der Waals surface area contributed by atoms with Crippen molar-refractivity contribution >= 4 is 11.8 Å². The molecule has 3 unspecified atom stereocenters.